The van der Waals surface area contributed by atoms with E-state index in [1.54, 1.807) is 38.2 Å². The van der Waals surface area contributed by atoms with Gasteiger partial charge in [0.25, 0.3) is 0 Å². The van der Waals surface area contributed by atoms with Crippen molar-refractivity contribution in [3.8, 4) is 0 Å². The summed E-state index contributed by atoms with van der Waals surface area (Å²) in [5.74, 6) is 0. The molecular weight excluding hydrogens is 382 g/mol. The Morgan fingerprint density at radius 3 is 2.00 bits per heavy atom. The van der Waals surface area contributed by atoms with Gasteiger partial charge in [-0.3, -0.25) is 0 Å². The van der Waals surface area contributed by atoms with Crippen LogP contribution in [0.5, 0.6) is 0 Å². The summed E-state index contributed by atoms with van der Waals surface area (Å²) in [6.45, 7) is 1.80. The van der Waals surface area contributed by atoms with Gasteiger partial charge in [0.2, 0.25) is 10.0 Å². The third-order valence-electron chi connectivity index (χ3n) is 5.33. The van der Waals surface area contributed by atoms with E-state index in [-0.39, 0.29) is 4.90 Å². The minimum Gasteiger partial charge on any atom is -0.224 e. The molecule has 146 valence electrons. The molecule has 0 amide bonds. The van der Waals surface area contributed by atoms with Gasteiger partial charge in [-0.15, -0.1) is 0 Å². The highest BCUT2D eigenvalue weighted by Crippen LogP contribution is 2.29. The van der Waals surface area contributed by atoms with Gasteiger partial charge in [0.15, 0.2) is 9.84 Å². The molecule has 0 radical (unpaired) electrons. The highest BCUT2D eigenvalue weighted by atomic mass is 32.2. The molecule has 0 saturated heterocycles. The average Bonchev–Trinajstić information content (AvgIpc) is 2.65. The summed E-state index contributed by atoms with van der Waals surface area (Å²) < 4.78 is 50.7. The molecule has 0 fully saturated rings. The Morgan fingerprint density at radius 1 is 0.852 bits per heavy atom. The van der Waals surface area contributed by atoms with Crippen LogP contribution in [0.2, 0.25) is 0 Å². The molecule has 1 unspecified atom stereocenters. The van der Waals surface area contributed by atoms with E-state index in [9.17, 15) is 16.8 Å². The lowest BCUT2D eigenvalue weighted by Gasteiger charge is -2.26. The van der Waals surface area contributed by atoms with Gasteiger partial charge in [0.1, 0.15) is 0 Å². The predicted octanol–water partition coefficient (Wildman–Crippen LogP) is 3.35. The SMILES string of the molecule is CC(c1ccc(S(C)(=O)=O)cc1)N(C)S(=O)(=O)c1ccc2c(c1)CCCC2. The largest absolute Gasteiger partial charge is 0.243 e. The van der Waals surface area contributed by atoms with Crippen molar-refractivity contribution >= 4 is 19.9 Å². The molecule has 2 aromatic rings. The number of benzene rings is 2. The molecule has 0 bridgehead atoms. The fourth-order valence-corrected chi connectivity index (χ4v) is 5.48. The molecular formula is C20H25NO4S2. The first-order valence-electron chi connectivity index (χ1n) is 9.00. The van der Waals surface area contributed by atoms with E-state index in [0.29, 0.717) is 4.90 Å². The van der Waals surface area contributed by atoms with Gasteiger partial charge >= 0.3 is 0 Å². The van der Waals surface area contributed by atoms with Crippen LogP contribution in [0, 0.1) is 0 Å². The smallest absolute Gasteiger partial charge is 0.224 e. The van der Waals surface area contributed by atoms with Crippen molar-refractivity contribution < 1.29 is 16.8 Å². The van der Waals surface area contributed by atoms with Gasteiger partial charge in [0, 0.05) is 19.3 Å². The van der Waals surface area contributed by atoms with Crippen LogP contribution in [-0.2, 0) is 32.7 Å². The van der Waals surface area contributed by atoms with Gasteiger partial charge in [0.05, 0.1) is 9.79 Å². The number of sulfonamides is 1. The summed E-state index contributed by atoms with van der Waals surface area (Å²) in [6, 6.07) is 11.4. The highest BCUT2D eigenvalue weighted by Gasteiger charge is 2.27. The molecule has 0 spiro atoms. The minimum absolute atomic E-state index is 0.221. The van der Waals surface area contributed by atoms with E-state index in [4.69, 9.17) is 0 Å². The van der Waals surface area contributed by atoms with Crippen molar-refractivity contribution in [2.24, 2.45) is 0 Å². The maximum atomic E-state index is 13.1. The second-order valence-corrected chi connectivity index (χ2v) is 11.2. The zero-order valence-corrected chi connectivity index (χ0v) is 17.5. The van der Waals surface area contributed by atoms with Crippen LogP contribution in [0.1, 0.15) is 42.5 Å². The molecule has 0 aliphatic heterocycles. The van der Waals surface area contributed by atoms with Crippen molar-refractivity contribution in [2.45, 2.75) is 48.4 Å². The lowest BCUT2D eigenvalue weighted by molar-refractivity contribution is 0.398. The first kappa shape index (κ1) is 20.0. The van der Waals surface area contributed by atoms with E-state index in [0.717, 1.165) is 43.1 Å². The monoisotopic (exact) mass is 407 g/mol. The first-order chi connectivity index (χ1) is 12.6. The van der Waals surface area contributed by atoms with Crippen LogP contribution >= 0.6 is 0 Å². The van der Waals surface area contributed by atoms with E-state index in [1.165, 1.54) is 22.0 Å². The number of aryl methyl sites for hydroxylation is 2. The van der Waals surface area contributed by atoms with Crippen LogP contribution in [0.25, 0.3) is 0 Å². The Morgan fingerprint density at radius 2 is 1.41 bits per heavy atom. The average molecular weight is 408 g/mol. The summed E-state index contributed by atoms with van der Waals surface area (Å²) >= 11 is 0. The molecule has 0 aromatic heterocycles. The lowest BCUT2D eigenvalue weighted by Crippen LogP contribution is -2.30. The quantitative estimate of drug-likeness (QED) is 0.762. The third kappa shape index (κ3) is 4.10. The zero-order chi connectivity index (χ0) is 19.8. The molecule has 0 heterocycles. The van der Waals surface area contributed by atoms with Crippen molar-refractivity contribution in [1.82, 2.24) is 4.31 Å². The topological polar surface area (TPSA) is 71.5 Å². The van der Waals surface area contributed by atoms with Crippen LogP contribution in [0.15, 0.2) is 52.3 Å². The molecule has 1 aliphatic carbocycles. The van der Waals surface area contributed by atoms with E-state index in [2.05, 4.69) is 0 Å². The van der Waals surface area contributed by atoms with Crippen molar-refractivity contribution in [3.05, 3.63) is 59.2 Å². The van der Waals surface area contributed by atoms with Crippen LogP contribution in [0.3, 0.4) is 0 Å². The predicted molar refractivity (Wildman–Crippen MR) is 106 cm³/mol. The molecule has 3 rings (SSSR count). The summed E-state index contributed by atoms with van der Waals surface area (Å²) in [5.41, 5.74) is 3.11. The third-order valence-corrected chi connectivity index (χ3v) is 8.39. The van der Waals surface area contributed by atoms with Gasteiger partial charge in [-0.05, 0) is 73.6 Å². The number of sulfone groups is 1. The molecule has 0 N–H and O–H groups in total. The number of hydrogen-bond donors (Lipinski definition) is 0. The summed E-state index contributed by atoms with van der Waals surface area (Å²) in [7, 11) is -5.36. The fourth-order valence-electron chi connectivity index (χ4n) is 3.45. The second-order valence-electron chi connectivity index (χ2n) is 7.18. The Bertz CT molecular complexity index is 1040. The van der Waals surface area contributed by atoms with E-state index in [1.807, 2.05) is 6.07 Å². The zero-order valence-electron chi connectivity index (χ0n) is 15.8. The normalized spacial score (nSPS) is 16.1. The van der Waals surface area contributed by atoms with Crippen molar-refractivity contribution in [2.75, 3.05) is 13.3 Å². The Labute approximate surface area is 162 Å². The Balaban J connectivity index is 1.88. The summed E-state index contributed by atoms with van der Waals surface area (Å²) in [5, 5.41) is 0. The van der Waals surface area contributed by atoms with Crippen molar-refractivity contribution in [1.29, 1.82) is 0 Å². The fraction of sp³-hybridized carbons (Fsp3) is 0.400. The summed E-state index contributed by atoms with van der Waals surface area (Å²) in [6.07, 6.45) is 5.33. The molecule has 1 atom stereocenters. The van der Waals surface area contributed by atoms with E-state index < -0.39 is 25.9 Å². The van der Waals surface area contributed by atoms with Gasteiger partial charge in [-0.2, -0.15) is 4.31 Å². The van der Waals surface area contributed by atoms with Gasteiger partial charge < -0.3 is 0 Å². The van der Waals surface area contributed by atoms with Crippen LogP contribution in [-0.4, -0.2) is 34.4 Å². The van der Waals surface area contributed by atoms with Crippen molar-refractivity contribution in [3.63, 3.8) is 0 Å². The maximum absolute atomic E-state index is 13.1. The minimum atomic E-state index is -3.64. The Kier molecular flexibility index (Phi) is 5.47. The molecule has 27 heavy (non-hydrogen) atoms. The molecule has 0 saturated carbocycles. The van der Waals surface area contributed by atoms with E-state index >= 15 is 0 Å². The standard InChI is InChI=1S/C20H25NO4S2/c1-15(16-8-11-19(12-9-16)26(3,22)23)21(2)27(24,25)20-13-10-17-6-4-5-7-18(17)14-20/h8-15H,4-7H2,1-3H3. The van der Waals surface area contributed by atoms with Crippen LogP contribution < -0.4 is 0 Å². The number of hydrogen-bond acceptors (Lipinski definition) is 4. The molecule has 5 nitrogen and oxygen atoms in total. The van der Waals surface area contributed by atoms with Gasteiger partial charge in [-0.25, -0.2) is 16.8 Å². The van der Waals surface area contributed by atoms with Gasteiger partial charge in [-0.1, -0.05) is 18.2 Å². The lowest BCUT2D eigenvalue weighted by atomic mass is 9.92. The first-order valence-corrected chi connectivity index (χ1v) is 12.3. The maximum Gasteiger partial charge on any atom is 0.243 e. The highest BCUT2D eigenvalue weighted by molar-refractivity contribution is 7.90. The Hall–Kier alpha value is -1.70. The second kappa shape index (κ2) is 7.37. The number of rotatable bonds is 5. The summed E-state index contributed by atoms with van der Waals surface area (Å²) in [4.78, 5) is 0.531. The van der Waals surface area contributed by atoms with Crippen LogP contribution in [0.4, 0.5) is 0 Å². The number of fused-ring (bicyclic) bond motifs is 1. The molecule has 7 heteroatoms. The molecule has 1 aliphatic rings. The molecule has 2 aromatic carbocycles. The number of nitrogens with zero attached hydrogens (tertiary/aromatic N) is 1.